The molecule has 1 heterocycles. The molecule has 0 radical (unpaired) electrons. The second-order valence-corrected chi connectivity index (χ2v) is 5.01. The van der Waals surface area contributed by atoms with Crippen molar-refractivity contribution < 1.29 is 18.0 Å². The molecule has 17 heavy (non-hydrogen) atoms. The van der Waals surface area contributed by atoms with Crippen LogP contribution in [0.5, 0.6) is 0 Å². The van der Waals surface area contributed by atoms with Gasteiger partial charge in [-0.2, -0.15) is 13.2 Å². The molecular weight excluding hydrogens is 251 g/mol. The standard InChI is InChI=1S/C11H12F3NOS/c12-11(13,14)10(16)15-5-7-6-17-9-4-2-1-3-8(7)9/h6H,1-5H2,(H,15,16). The van der Waals surface area contributed by atoms with E-state index < -0.39 is 12.1 Å². The van der Waals surface area contributed by atoms with Crippen LogP contribution in [0.15, 0.2) is 5.38 Å². The SMILES string of the molecule is O=C(NCc1csc2c1CCCC2)C(F)(F)F. The number of halogens is 3. The van der Waals surface area contributed by atoms with E-state index >= 15 is 0 Å². The van der Waals surface area contributed by atoms with Gasteiger partial charge in [0.15, 0.2) is 0 Å². The van der Waals surface area contributed by atoms with Crippen molar-refractivity contribution >= 4 is 17.2 Å². The summed E-state index contributed by atoms with van der Waals surface area (Å²) < 4.78 is 36.0. The van der Waals surface area contributed by atoms with E-state index in [1.165, 1.54) is 4.88 Å². The lowest BCUT2D eigenvalue weighted by Crippen LogP contribution is -2.36. The third kappa shape index (κ3) is 2.80. The molecule has 0 spiro atoms. The van der Waals surface area contributed by atoms with Crippen LogP contribution in [0.1, 0.15) is 28.8 Å². The average molecular weight is 263 g/mol. The first-order valence-corrected chi connectivity index (χ1v) is 6.29. The normalized spacial score (nSPS) is 15.5. The minimum Gasteiger partial charge on any atom is -0.344 e. The van der Waals surface area contributed by atoms with Gasteiger partial charge in [0.05, 0.1) is 0 Å². The number of alkyl halides is 3. The Morgan fingerprint density at radius 2 is 2.06 bits per heavy atom. The number of fused-ring (bicyclic) bond motifs is 1. The lowest BCUT2D eigenvalue weighted by atomic mass is 9.96. The molecule has 1 N–H and O–H groups in total. The molecule has 0 saturated carbocycles. The van der Waals surface area contributed by atoms with Crippen molar-refractivity contribution in [2.75, 3.05) is 0 Å². The predicted molar refractivity (Wildman–Crippen MR) is 58.9 cm³/mol. The molecular formula is C11H12F3NOS. The number of aryl methyl sites for hydroxylation is 1. The van der Waals surface area contributed by atoms with E-state index in [1.54, 1.807) is 11.3 Å². The summed E-state index contributed by atoms with van der Waals surface area (Å²) in [6.07, 6.45) is -0.662. The summed E-state index contributed by atoms with van der Waals surface area (Å²) in [4.78, 5) is 12.0. The minimum absolute atomic E-state index is 0.0236. The topological polar surface area (TPSA) is 29.1 Å². The van der Waals surface area contributed by atoms with E-state index in [0.717, 1.165) is 36.8 Å². The highest BCUT2D eigenvalue weighted by molar-refractivity contribution is 7.10. The lowest BCUT2D eigenvalue weighted by Gasteiger charge is -2.13. The minimum atomic E-state index is -4.80. The fraction of sp³-hybridized carbons (Fsp3) is 0.545. The van der Waals surface area contributed by atoms with Gasteiger partial charge in [-0.25, -0.2) is 0 Å². The Bertz CT molecular complexity index is 425. The van der Waals surface area contributed by atoms with Crippen LogP contribution in [0.3, 0.4) is 0 Å². The first kappa shape index (κ1) is 12.4. The second-order valence-electron chi connectivity index (χ2n) is 4.05. The quantitative estimate of drug-likeness (QED) is 0.873. The van der Waals surface area contributed by atoms with Gasteiger partial charge in [0.2, 0.25) is 0 Å². The maximum atomic E-state index is 12.0. The summed E-state index contributed by atoms with van der Waals surface area (Å²) >= 11 is 1.58. The van der Waals surface area contributed by atoms with Crippen molar-refractivity contribution in [1.29, 1.82) is 0 Å². The molecule has 2 rings (SSSR count). The maximum Gasteiger partial charge on any atom is 0.471 e. The van der Waals surface area contributed by atoms with Crippen LogP contribution >= 0.6 is 11.3 Å². The number of hydrogen-bond acceptors (Lipinski definition) is 2. The smallest absolute Gasteiger partial charge is 0.344 e. The van der Waals surface area contributed by atoms with Crippen molar-refractivity contribution in [2.24, 2.45) is 0 Å². The summed E-state index contributed by atoms with van der Waals surface area (Å²) in [5.41, 5.74) is 1.98. The summed E-state index contributed by atoms with van der Waals surface area (Å²) in [5.74, 6) is -1.87. The van der Waals surface area contributed by atoms with Crippen molar-refractivity contribution in [3.8, 4) is 0 Å². The highest BCUT2D eigenvalue weighted by atomic mass is 32.1. The largest absolute Gasteiger partial charge is 0.471 e. The molecule has 1 aromatic heterocycles. The zero-order valence-electron chi connectivity index (χ0n) is 9.06. The van der Waals surface area contributed by atoms with E-state index in [4.69, 9.17) is 0 Å². The van der Waals surface area contributed by atoms with Crippen LogP contribution in [0.2, 0.25) is 0 Å². The first-order chi connectivity index (χ1) is 7.98. The van der Waals surface area contributed by atoms with Crippen molar-refractivity contribution in [2.45, 2.75) is 38.4 Å². The van der Waals surface area contributed by atoms with Gasteiger partial charge in [0.1, 0.15) is 0 Å². The Balaban J connectivity index is 2.00. The highest BCUT2D eigenvalue weighted by Crippen LogP contribution is 2.30. The molecule has 1 aliphatic rings. The summed E-state index contributed by atoms with van der Waals surface area (Å²) in [7, 11) is 0. The Morgan fingerprint density at radius 3 is 2.76 bits per heavy atom. The van der Waals surface area contributed by atoms with Crippen LogP contribution in [0.25, 0.3) is 0 Å². The lowest BCUT2D eigenvalue weighted by molar-refractivity contribution is -0.173. The Labute approximate surface area is 101 Å². The fourth-order valence-electron chi connectivity index (χ4n) is 1.98. The first-order valence-electron chi connectivity index (χ1n) is 5.41. The molecule has 2 nitrogen and oxygen atoms in total. The molecule has 1 aliphatic carbocycles. The van der Waals surface area contributed by atoms with Gasteiger partial charge in [0, 0.05) is 11.4 Å². The van der Waals surface area contributed by atoms with Gasteiger partial charge in [-0.3, -0.25) is 4.79 Å². The van der Waals surface area contributed by atoms with Gasteiger partial charge >= 0.3 is 12.1 Å². The predicted octanol–water partition coefficient (Wildman–Crippen LogP) is 2.81. The number of hydrogen-bond donors (Lipinski definition) is 1. The van der Waals surface area contributed by atoms with E-state index in [1.807, 2.05) is 10.7 Å². The maximum absolute atomic E-state index is 12.0. The third-order valence-electron chi connectivity index (χ3n) is 2.85. The van der Waals surface area contributed by atoms with Crippen molar-refractivity contribution in [1.82, 2.24) is 5.32 Å². The second kappa shape index (κ2) is 4.68. The van der Waals surface area contributed by atoms with E-state index in [2.05, 4.69) is 0 Å². The molecule has 6 heteroatoms. The number of carbonyl (C=O) groups is 1. The molecule has 0 aromatic carbocycles. The zero-order chi connectivity index (χ0) is 12.5. The molecule has 1 amide bonds. The van der Waals surface area contributed by atoms with E-state index in [9.17, 15) is 18.0 Å². The van der Waals surface area contributed by atoms with Crippen molar-refractivity contribution in [3.63, 3.8) is 0 Å². The summed E-state index contributed by atoms with van der Waals surface area (Å²) in [6.45, 7) is -0.0236. The molecule has 0 aliphatic heterocycles. The molecule has 0 fully saturated rings. The van der Waals surface area contributed by atoms with Gasteiger partial charge in [-0.15, -0.1) is 11.3 Å². The molecule has 0 saturated heterocycles. The van der Waals surface area contributed by atoms with Gasteiger partial charge < -0.3 is 5.32 Å². The van der Waals surface area contributed by atoms with Crippen molar-refractivity contribution in [3.05, 3.63) is 21.4 Å². The Kier molecular flexibility index (Phi) is 3.42. The average Bonchev–Trinajstić information content (AvgIpc) is 2.68. The summed E-state index contributed by atoms with van der Waals surface area (Å²) in [5, 5.41) is 3.77. The third-order valence-corrected chi connectivity index (χ3v) is 3.98. The Hall–Kier alpha value is -1.04. The monoisotopic (exact) mass is 263 g/mol. The van der Waals surface area contributed by atoms with Crippen LogP contribution in [0, 0.1) is 0 Å². The number of thiophene rings is 1. The number of amides is 1. The van der Waals surface area contributed by atoms with Crippen LogP contribution in [-0.2, 0) is 24.2 Å². The zero-order valence-corrected chi connectivity index (χ0v) is 9.88. The van der Waals surface area contributed by atoms with E-state index in [0.29, 0.717) is 0 Å². The number of nitrogens with one attached hydrogen (secondary N) is 1. The van der Waals surface area contributed by atoms with Crippen LogP contribution < -0.4 is 5.32 Å². The van der Waals surface area contributed by atoms with E-state index in [-0.39, 0.29) is 6.54 Å². The molecule has 0 unspecified atom stereocenters. The fourth-order valence-corrected chi connectivity index (χ4v) is 3.13. The number of rotatable bonds is 2. The Morgan fingerprint density at radius 1 is 1.35 bits per heavy atom. The van der Waals surface area contributed by atoms with Crippen LogP contribution in [-0.4, -0.2) is 12.1 Å². The van der Waals surface area contributed by atoms with Gasteiger partial charge in [-0.1, -0.05) is 0 Å². The molecule has 0 bridgehead atoms. The molecule has 0 atom stereocenters. The number of carbonyl (C=O) groups excluding carboxylic acids is 1. The summed E-state index contributed by atoms with van der Waals surface area (Å²) in [6, 6.07) is 0. The van der Waals surface area contributed by atoms with Gasteiger partial charge in [-0.05, 0) is 42.2 Å². The molecule has 1 aromatic rings. The highest BCUT2D eigenvalue weighted by Gasteiger charge is 2.38. The van der Waals surface area contributed by atoms with Crippen LogP contribution in [0.4, 0.5) is 13.2 Å². The van der Waals surface area contributed by atoms with Gasteiger partial charge in [0.25, 0.3) is 0 Å². The molecule has 94 valence electrons.